The topological polar surface area (TPSA) is 0 Å². The molecule has 1 heteroatoms. The summed E-state index contributed by atoms with van der Waals surface area (Å²) in [6.45, 7) is 7.72. The predicted octanol–water partition coefficient (Wildman–Crippen LogP) is 7.13. The highest BCUT2D eigenvalue weighted by Crippen LogP contribution is 2.68. The highest BCUT2D eigenvalue weighted by molar-refractivity contribution is 7.81. The van der Waals surface area contributed by atoms with Crippen LogP contribution in [0.2, 0.25) is 0 Å². The van der Waals surface area contributed by atoms with Crippen LogP contribution in [0, 0.1) is 40.4 Å². The molecule has 0 nitrogen and oxygen atoms in total. The lowest BCUT2D eigenvalue weighted by atomic mass is 9.45. The fraction of sp³-hybridized carbons (Fsp3) is 1.00. The lowest BCUT2D eigenvalue weighted by molar-refractivity contribution is -0.110. The molecule has 24 heavy (non-hydrogen) atoms. The lowest BCUT2D eigenvalue weighted by Gasteiger charge is -2.60. The van der Waals surface area contributed by atoms with Crippen molar-refractivity contribution in [3.63, 3.8) is 0 Å². The van der Waals surface area contributed by atoms with Gasteiger partial charge in [-0.3, -0.25) is 0 Å². The first-order chi connectivity index (χ1) is 11.5. The zero-order valence-electron chi connectivity index (χ0n) is 16.4. The zero-order chi connectivity index (χ0) is 16.9. The van der Waals surface area contributed by atoms with E-state index in [4.69, 9.17) is 12.6 Å². The molecular weight excluding hydrogens is 308 g/mol. The molecule has 0 heterocycles. The van der Waals surface area contributed by atoms with Gasteiger partial charge in [0.15, 0.2) is 0 Å². The van der Waals surface area contributed by atoms with Crippen LogP contribution in [0.15, 0.2) is 0 Å². The molecule has 0 saturated heterocycles. The van der Waals surface area contributed by atoms with E-state index in [0.29, 0.717) is 16.1 Å². The Bertz CT molecular complexity index is 459. The van der Waals surface area contributed by atoms with E-state index in [-0.39, 0.29) is 0 Å². The fourth-order valence-electron chi connectivity index (χ4n) is 8.46. The number of fused-ring (bicyclic) bond motifs is 5. The number of hydrogen-bond donors (Lipinski definition) is 1. The first-order valence-corrected chi connectivity index (χ1v) is 11.7. The molecule has 0 aromatic carbocycles. The summed E-state index contributed by atoms with van der Waals surface area (Å²) in [7, 11) is 0. The monoisotopic (exact) mass is 348 g/mol. The third-order valence-corrected chi connectivity index (χ3v) is 10.3. The summed E-state index contributed by atoms with van der Waals surface area (Å²) in [5.41, 5.74) is 1.31. The van der Waals surface area contributed by atoms with Crippen molar-refractivity contribution < 1.29 is 0 Å². The normalized spacial score (nSPS) is 52.2. The van der Waals surface area contributed by atoms with Gasteiger partial charge < -0.3 is 0 Å². The van der Waals surface area contributed by atoms with Crippen LogP contribution in [0.25, 0.3) is 0 Å². The quantitative estimate of drug-likeness (QED) is 0.515. The molecular formula is C23H40S. The van der Waals surface area contributed by atoms with Crippen LogP contribution in [0.1, 0.15) is 97.8 Å². The first-order valence-electron chi connectivity index (χ1n) is 11.2. The predicted molar refractivity (Wildman–Crippen MR) is 108 cm³/mol. The van der Waals surface area contributed by atoms with Gasteiger partial charge >= 0.3 is 0 Å². The van der Waals surface area contributed by atoms with Crippen LogP contribution in [-0.2, 0) is 0 Å². The molecule has 0 spiro atoms. The Morgan fingerprint density at radius 2 is 1.67 bits per heavy atom. The van der Waals surface area contributed by atoms with E-state index in [1.165, 1.54) is 57.8 Å². The van der Waals surface area contributed by atoms with Gasteiger partial charge in [-0.15, -0.1) is 0 Å². The Labute approximate surface area is 156 Å². The molecule has 4 aliphatic rings. The molecule has 8 atom stereocenters. The molecule has 138 valence electrons. The van der Waals surface area contributed by atoms with Gasteiger partial charge in [-0.2, -0.15) is 12.6 Å². The third kappa shape index (κ3) is 2.54. The second-order valence-electron chi connectivity index (χ2n) is 10.5. The Morgan fingerprint density at radius 1 is 0.875 bits per heavy atom. The maximum absolute atomic E-state index is 5.09. The molecule has 0 amide bonds. The Morgan fingerprint density at radius 3 is 2.46 bits per heavy atom. The Hall–Kier alpha value is 0.350. The van der Waals surface area contributed by atoms with E-state index in [0.717, 1.165) is 29.6 Å². The fourth-order valence-corrected chi connectivity index (χ4v) is 9.21. The second kappa shape index (κ2) is 6.50. The van der Waals surface area contributed by atoms with E-state index < -0.39 is 0 Å². The maximum Gasteiger partial charge on any atom is 0.00502 e. The summed E-state index contributed by atoms with van der Waals surface area (Å²) in [5, 5.41) is 0.656. The minimum absolute atomic E-state index is 0.612. The Kier molecular flexibility index (Phi) is 4.81. The highest BCUT2D eigenvalue weighted by atomic mass is 32.1. The standard InChI is InChI=1S/C23H40S/c1-4-7-21(24)20-12-11-18-17-10-9-16-8-5-6-14-22(16,2)19(17)13-15-23(18,20)3/h16-21,24H,4-15H2,1-3H3/t16-,17-,18-,19-,20+,21+,22-,23-/m0/s1. The van der Waals surface area contributed by atoms with E-state index in [1.807, 2.05) is 0 Å². The van der Waals surface area contributed by atoms with Crippen molar-refractivity contribution in [1.29, 1.82) is 0 Å². The average Bonchev–Trinajstić information content (AvgIpc) is 2.92. The van der Waals surface area contributed by atoms with E-state index in [1.54, 1.807) is 19.3 Å². The lowest BCUT2D eigenvalue weighted by Crippen LogP contribution is -2.53. The van der Waals surface area contributed by atoms with Crippen LogP contribution in [-0.4, -0.2) is 5.25 Å². The summed E-state index contributed by atoms with van der Waals surface area (Å²) in [6, 6.07) is 0. The van der Waals surface area contributed by atoms with Crippen molar-refractivity contribution in [2.75, 3.05) is 0 Å². The molecule has 4 saturated carbocycles. The molecule has 0 aliphatic heterocycles. The van der Waals surface area contributed by atoms with Gasteiger partial charge in [0.2, 0.25) is 0 Å². The van der Waals surface area contributed by atoms with Gasteiger partial charge in [0.25, 0.3) is 0 Å². The molecule has 0 aromatic rings. The van der Waals surface area contributed by atoms with Gasteiger partial charge in [0.05, 0.1) is 0 Å². The van der Waals surface area contributed by atoms with Crippen molar-refractivity contribution in [3.05, 3.63) is 0 Å². The van der Waals surface area contributed by atoms with E-state index in [9.17, 15) is 0 Å². The van der Waals surface area contributed by atoms with Crippen LogP contribution < -0.4 is 0 Å². The summed E-state index contributed by atoms with van der Waals surface area (Å²) >= 11 is 5.09. The van der Waals surface area contributed by atoms with Crippen molar-refractivity contribution in [2.45, 2.75) is 103 Å². The van der Waals surface area contributed by atoms with Crippen molar-refractivity contribution >= 4 is 12.6 Å². The number of thiol groups is 1. The first kappa shape index (κ1) is 17.7. The zero-order valence-corrected chi connectivity index (χ0v) is 17.3. The molecule has 4 fully saturated rings. The molecule has 0 aromatic heterocycles. The van der Waals surface area contributed by atoms with Crippen LogP contribution in [0.5, 0.6) is 0 Å². The van der Waals surface area contributed by atoms with Crippen molar-refractivity contribution in [2.24, 2.45) is 40.4 Å². The largest absolute Gasteiger partial charge is 0.176 e. The van der Waals surface area contributed by atoms with Crippen molar-refractivity contribution in [1.82, 2.24) is 0 Å². The van der Waals surface area contributed by atoms with Crippen LogP contribution in [0.4, 0.5) is 0 Å². The van der Waals surface area contributed by atoms with Crippen LogP contribution in [0.3, 0.4) is 0 Å². The van der Waals surface area contributed by atoms with Gasteiger partial charge in [0, 0.05) is 5.25 Å². The summed E-state index contributed by atoms with van der Waals surface area (Å²) < 4.78 is 0. The molecule has 0 bridgehead atoms. The molecule has 4 aliphatic carbocycles. The molecule has 0 N–H and O–H groups in total. The summed E-state index contributed by atoms with van der Waals surface area (Å²) in [4.78, 5) is 0. The minimum Gasteiger partial charge on any atom is -0.176 e. The van der Waals surface area contributed by atoms with E-state index in [2.05, 4.69) is 20.8 Å². The van der Waals surface area contributed by atoms with Gasteiger partial charge in [-0.1, -0.05) is 40.0 Å². The smallest absolute Gasteiger partial charge is 0.00502 e. The Balaban J connectivity index is 1.57. The van der Waals surface area contributed by atoms with Gasteiger partial charge in [-0.05, 0) is 98.2 Å². The minimum atomic E-state index is 0.612. The number of rotatable bonds is 3. The highest BCUT2D eigenvalue weighted by Gasteiger charge is 2.60. The molecule has 0 radical (unpaired) electrons. The maximum atomic E-state index is 5.09. The van der Waals surface area contributed by atoms with Gasteiger partial charge in [0.1, 0.15) is 0 Å². The summed E-state index contributed by atoms with van der Waals surface area (Å²) in [5.74, 6) is 5.08. The van der Waals surface area contributed by atoms with Gasteiger partial charge in [-0.25, -0.2) is 0 Å². The van der Waals surface area contributed by atoms with Crippen molar-refractivity contribution in [3.8, 4) is 0 Å². The van der Waals surface area contributed by atoms with E-state index >= 15 is 0 Å². The third-order valence-electron chi connectivity index (χ3n) is 9.71. The molecule has 4 rings (SSSR count). The number of hydrogen-bond acceptors (Lipinski definition) is 1. The average molecular weight is 349 g/mol. The van der Waals surface area contributed by atoms with Crippen LogP contribution >= 0.6 is 12.6 Å². The second-order valence-corrected chi connectivity index (χ2v) is 11.2. The molecule has 0 unspecified atom stereocenters. The SMILES string of the molecule is CCC[C@@H](S)[C@H]1CC[C@H]2[C@@H]3CC[C@@H]4CCCC[C@]4(C)[C@H]3CC[C@]12C. The summed E-state index contributed by atoms with van der Waals surface area (Å²) in [6.07, 6.45) is 17.9.